The molecule has 0 unspecified atom stereocenters. The molecule has 30 heavy (non-hydrogen) atoms. The number of rotatable bonds is 6. The topological polar surface area (TPSA) is 98.5 Å². The van der Waals surface area contributed by atoms with Gasteiger partial charge in [-0.2, -0.15) is 0 Å². The van der Waals surface area contributed by atoms with Crippen LogP contribution in [0.1, 0.15) is 38.1 Å². The maximum absolute atomic E-state index is 12.7. The first-order valence-electron chi connectivity index (χ1n) is 9.25. The van der Waals surface area contributed by atoms with Crippen LogP contribution in [0.5, 0.6) is 0 Å². The number of nitro groups is 1. The number of carbonyl (C=O) groups excluding carboxylic acids is 2. The Morgan fingerprint density at radius 2 is 1.70 bits per heavy atom. The molecule has 1 N–H and O–H groups in total. The molecule has 2 aromatic carbocycles. The van der Waals surface area contributed by atoms with Gasteiger partial charge in [-0.25, -0.2) is 4.79 Å². The Balaban J connectivity index is 2.04. The number of hydrogen-bond acceptors (Lipinski definition) is 6. The van der Waals surface area contributed by atoms with E-state index < -0.39 is 10.9 Å². The molecule has 0 radical (unpaired) electrons. The zero-order valence-electron chi connectivity index (χ0n) is 16.7. The van der Waals surface area contributed by atoms with Crippen molar-refractivity contribution in [3.63, 3.8) is 0 Å². The second-order valence-electron chi connectivity index (χ2n) is 6.58. The van der Waals surface area contributed by atoms with Crippen LogP contribution in [0.25, 0.3) is 11.1 Å². The Labute approximate surface area is 177 Å². The summed E-state index contributed by atoms with van der Waals surface area (Å²) in [4.78, 5) is 36.7. The van der Waals surface area contributed by atoms with Gasteiger partial charge < -0.3 is 10.1 Å². The van der Waals surface area contributed by atoms with Crippen LogP contribution in [-0.2, 0) is 4.74 Å². The molecule has 0 aliphatic heterocycles. The number of nitrogens with one attached hydrogen (secondary N) is 1. The van der Waals surface area contributed by atoms with Crippen molar-refractivity contribution in [1.29, 1.82) is 0 Å². The van der Waals surface area contributed by atoms with Gasteiger partial charge in [-0.1, -0.05) is 17.7 Å². The van der Waals surface area contributed by atoms with E-state index in [0.717, 1.165) is 10.4 Å². The van der Waals surface area contributed by atoms with E-state index in [2.05, 4.69) is 5.32 Å². The van der Waals surface area contributed by atoms with Crippen LogP contribution in [0.4, 0.5) is 10.7 Å². The largest absolute Gasteiger partial charge is 0.462 e. The molecule has 0 atom stereocenters. The fourth-order valence-corrected chi connectivity index (χ4v) is 4.07. The second kappa shape index (κ2) is 8.87. The first-order valence-corrected chi connectivity index (χ1v) is 10.1. The van der Waals surface area contributed by atoms with Crippen molar-refractivity contribution in [2.45, 2.75) is 20.8 Å². The van der Waals surface area contributed by atoms with E-state index >= 15 is 0 Å². The van der Waals surface area contributed by atoms with Crippen LogP contribution in [-0.4, -0.2) is 23.4 Å². The molecule has 154 valence electrons. The Hall–Kier alpha value is -3.52. The van der Waals surface area contributed by atoms with Crippen molar-refractivity contribution >= 4 is 33.9 Å². The number of nitrogens with zero attached hydrogens (tertiary/aromatic N) is 1. The van der Waals surface area contributed by atoms with Gasteiger partial charge in [-0.15, -0.1) is 11.3 Å². The molecule has 1 aromatic heterocycles. The summed E-state index contributed by atoms with van der Waals surface area (Å²) in [5.74, 6) is -0.897. The summed E-state index contributed by atoms with van der Waals surface area (Å²) in [6, 6.07) is 13.0. The van der Waals surface area contributed by atoms with Crippen molar-refractivity contribution < 1.29 is 19.2 Å². The van der Waals surface area contributed by atoms with Gasteiger partial charge in [0.25, 0.3) is 11.6 Å². The standard InChI is InChI=1S/C22H20N2O5S/c1-4-29-22(26)19-18(15-9-11-17(12-10-15)24(27)28)14(3)30-21(19)23-20(25)16-7-5-13(2)6-8-16/h5-12H,4H2,1-3H3,(H,23,25). The smallest absolute Gasteiger partial charge is 0.341 e. The van der Waals surface area contributed by atoms with Crippen LogP contribution in [0, 0.1) is 24.0 Å². The normalized spacial score (nSPS) is 10.5. The number of nitro benzene ring substituents is 1. The number of esters is 1. The Bertz CT molecular complexity index is 1100. The highest BCUT2D eigenvalue weighted by Crippen LogP contribution is 2.41. The maximum atomic E-state index is 12.7. The van der Waals surface area contributed by atoms with Gasteiger partial charge in [0.1, 0.15) is 10.6 Å². The van der Waals surface area contributed by atoms with Gasteiger partial charge in [0.15, 0.2) is 0 Å². The minimum atomic E-state index is -0.561. The Kier molecular flexibility index (Phi) is 6.27. The number of anilines is 1. The summed E-state index contributed by atoms with van der Waals surface area (Å²) < 4.78 is 5.22. The molecule has 8 heteroatoms. The highest BCUT2D eigenvalue weighted by atomic mass is 32.1. The first kappa shape index (κ1) is 21.2. The van der Waals surface area contributed by atoms with E-state index in [1.54, 1.807) is 31.2 Å². The lowest BCUT2D eigenvalue weighted by atomic mass is 10.0. The molecule has 0 fully saturated rings. The van der Waals surface area contributed by atoms with Gasteiger partial charge >= 0.3 is 5.97 Å². The summed E-state index contributed by atoms with van der Waals surface area (Å²) >= 11 is 1.26. The lowest BCUT2D eigenvalue weighted by Crippen LogP contribution is -2.14. The average molecular weight is 424 g/mol. The number of thiophene rings is 1. The zero-order valence-corrected chi connectivity index (χ0v) is 17.5. The lowest BCUT2D eigenvalue weighted by molar-refractivity contribution is -0.384. The Morgan fingerprint density at radius 3 is 2.27 bits per heavy atom. The number of carbonyl (C=O) groups is 2. The van der Waals surface area contributed by atoms with Crippen molar-refractivity contribution in [2.24, 2.45) is 0 Å². The van der Waals surface area contributed by atoms with Crippen LogP contribution in [0.3, 0.4) is 0 Å². The molecule has 0 saturated heterocycles. The molecule has 3 aromatic rings. The summed E-state index contributed by atoms with van der Waals surface area (Å²) in [6.07, 6.45) is 0. The number of hydrogen-bond donors (Lipinski definition) is 1. The van der Waals surface area contributed by atoms with E-state index in [0.29, 0.717) is 21.7 Å². The summed E-state index contributed by atoms with van der Waals surface area (Å²) in [6.45, 7) is 5.64. The van der Waals surface area contributed by atoms with E-state index in [9.17, 15) is 19.7 Å². The molecular formula is C22H20N2O5S. The number of ether oxygens (including phenoxy) is 1. The fourth-order valence-electron chi connectivity index (χ4n) is 3.01. The van der Waals surface area contributed by atoms with Crippen LogP contribution >= 0.6 is 11.3 Å². The number of non-ortho nitro benzene ring substituents is 1. The molecule has 1 heterocycles. The fraction of sp³-hybridized carbons (Fsp3) is 0.182. The third kappa shape index (κ3) is 4.38. The van der Waals surface area contributed by atoms with Gasteiger partial charge in [0, 0.05) is 28.1 Å². The average Bonchev–Trinajstić information content (AvgIpc) is 3.04. The monoisotopic (exact) mass is 424 g/mol. The molecule has 0 bridgehead atoms. The van der Waals surface area contributed by atoms with Gasteiger partial charge in [-0.05, 0) is 50.6 Å². The summed E-state index contributed by atoms with van der Waals surface area (Å²) in [7, 11) is 0. The molecule has 0 saturated carbocycles. The van der Waals surface area contributed by atoms with E-state index in [-0.39, 0.29) is 23.8 Å². The first-order chi connectivity index (χ1) is 14.3. The van der Waals surface area contributed by atoms with Crippen molar-refractivity contribution in [1.82, 2.24) is 0 Å². The lowest BCUT2D eigenvalue weighted by Gasteiger charge is -2.09. The highest BCUT2D eigenvalue weighted by molar-refractivity contribution is 7.17. The highest BCUT2D eigenvalue weighted by Gasteiger charge is 2.26. The van der Waals surface area contributed by atoms with Crippen LogP contribution in [0.2, 0.25) is 0 Å². The molecule has 0 aliphatic carbocycles. The zero-order chi connectivity index (χ0) is 21.8. The van der Waals surface area contributed by atoms with E-state index in [1.165, 1.54) is 23.5 Å². The summed E-state index contributed by atoms with van der Waals surface area (Å²) in [5.41, 5.74) is 2.93. The molecule has 3 rings (SSSR count). The van der Waals surface area contributed by atoms with Crippen molar-refractivity contribution in [2.75, 3.05) is 11.9 Å². The predicted molar refractivity (Wildman–Crippen MR) is 116 cm³/mol. The molecular weight excluding hydrogens is 404 g/mol. The molecule has 1 amide bonds. The number of aryl methyl sites for hydroxylation is 2. The van der Waals surface area contributed by atoms with E-state index in [1.807, 2.05) is 26.0 Å². The number of amides is 1. The summed E-state index contributed by atoms with van der Waals surface area (Å²) in [5, 5.41) is 14.1. The predicted octanol–water partition coefficient (Wildman–Crippen LogP) is 5.37. The van der Waals surface area contributed by atoms with Gasteiger partial charge in [0.05, 0.1) is 11.5 Å². The quantitative estimate of drug-likeness (QED) is 0.326. The van der Waals surface area contributed by atoms with Crippen molar-refractivity contribution in [3.05, 3.63) is 80.2 Å². The SMILES string of the molecule is CCOC(=O)c1c(NC(=O)c2ccc(C)cc2)sc(C)c1-c1ccc([N+](=O)[O-])cc1. The van der Waals surface area contributed by atoms with Gasteiger partial charge in [-0.3, -0.25) is 14.9 Å². The Morgan fingerprint density at radius 1 is 1.07 bits per heavy atom. The molecule has 0 aliphatic rings. The molecule has 0 spiro atoms. The van der Waals surface area contributed by atoms with E-state index in [4.69, 9.17) is 4.74 Å². The van der Waals surface area contributed by atoms with Crippen LogP contribution in [0.15, 0.2) is 48.5 Å². The van der Waals surface area contributed by atoms with Crippen molar-refractivity contribution in [3.8, 4) is 11.1 Å². The minimum absolute atomic E-state index is 0.0442. The number of benzene rings is 2. The third-order valence-corrected chi connectivity index (χ3v) is 5.49. The minimum Gasteiger partial charge on any atom is -0.462 e. The van der Waals surface area contributed by atoms with Crippen LogP contribution < -0.4 is 5.32 Å². The second-order valence-corrected chi connectivity index (χ2v) is 7.81. The van der Waals surface area contributed by atoms with Gasteiger partial charge in [0.2, 0.25) is 0 Å². The molecule has 7 nitrogen and oxygen atoms in total. The third-order valence-electron chi connectivity index (χ3n) is 4.47. The maximum Gasteiger partial charge on any atom is 0.341 e.